The number of hydrogen-bond donors (Lipinski definition) is 1. The van der Waals surface area contributed by atoms with Gasteiger partial charge in [-0.25, -0.2) is 0 Å². The quantitative estimate of drug-likeness (QED) is 0.901. The number of aromatic nitrogens is 3. The molecule has 1 aromatic heterocycles. The van der Waals surface area contributed by atoms with Gasteiger partial charge in [-0.1, -0.05) is 5.21 Å². The lowest BCUT2D eigenvalue weighted by Gasteiger charge is -2.57. The van der Waals surface area contributed by atoms with Crippen molar-refractivity contribution in [3.63, 3.8) is 0 Å². The van der Waals surface area contributed by atoms with Crippen molar-refractivity contribution in [2.24, 2.45) is 30.2 Å². The van der Waals surface area contributed by atoms with Crippen molar-refractivity contribution in [3.05, 3.63) is 11.9 Å². The highest BCUT2D eigenvalue weighted by atomic mass is 15.4. The summed E-state index contributed by atoms with van der Waals surface area (Å²) >= 11 is 0. The number of nitrogens with zero attached hydrogens (tertiary/aromatic N) is 3. The molecule has 0 spiro atoms. The SMILES string of the molecule is Cn1cc(CNCC23CC4CC(CC(C4)C2)C3)nn1. The summed E-state index contributed by atoms with van der Waals surface area (Å²) < 4.78 is 1.78. The van der Waals surface area contributed by atoms with Crippen LogP contribution in [0.5, 0.6) is 0 Å². The minimum Gasteiger partial charge on any atom is -0.311 e. The molecule has 0 aliphatic heterocycles. The Hall–Kier alpha value is -0.900. The van der Waals surface area contributed by atoms with Crippen LogP contribution in [0.15, 0.2) is 6.20 Å². The van der Waals surface area contributed by atoms with Gasteiger partial charge in [-0.15, -0.1) is 5.10 Å². The predicted molar refractivity (Wildman–Crippen MR) is 73.3 cm³/mol. The van der Waals surface area contributed by atoms with Crippen molar-refractivity contribution in [1.82, 2.24) is 20.3 Å². The Morgan fingerprint density at radius 2 is 1.84 bits per heavy atom. The summed E-state index contributed by atoms with van der Waals surface area (Å²) in [6.45, 7) is 2.06. The first kappa shape index (κ1) is 11.9. The largest absolute Gasteiger partial charge is 0.311 e. The number of aryl methyl sites for hydroxylation is 1. The van der Waals surface area contributed by atoms with Crippen LogP contribution < -0.4 is 5.32 Å². The molecule has 4 saturated carbocycles. The van der Waals surface area contributed by atoms with E-state index in [1.54, 1.807) is 4.68 Å². The number of nitrogens with one attached hydrogen (secondary N) is 1. The molecule has 1 aromatic rings. The molecule has 0 atom stereocenters. The molecule has 0 aromatic carbocycles. The fourth-order valence-electron chi connectivity index (χ4n) is 5.44. The van der Waals surface area contributed by atoms with E-state index in [9.17, 15) is 0 Å². The molecule has 5 rings (SSSR count). The number of rotatable bonds is 4. The van der Waals surface area contributed by atoms with E-state index < -0.39 is 0 Å². The first-order valence-corrected chi connectivity index (χ1v) is 7.77. The Bertz CT molecular complexity index is 429. The minimum absolute atomic E-state index is 0.622. The van der Waals surface area contributed by atoms with Crippen molar-refractivity contribution in [1.29, 1.82) is 0 Å². The third-order valence-electron chi connectivity index (χ3n) is 5.62. The van der Waals surface area contributed by atoms with Gasteiger partial charge in [-0.2, -0.15) is 0 Å². The van der Waals surface area contributed by atoms with Crippen molar-refractivity contribution in [2.45, 2.75) is 45.1 Å². The van der Waals surface area contributed by atoms with E-state index in [-0.39, 0.29) is 0 Å². The van der Waals surface area contributed by atoms with E-state index >= 15 is 0 Å². The van der Waals surface area contributed by atoms with Gasteiger partial charge >= 0.3 is 0 Å². The zero-order valence-electron chi connectivity index (χ0n) is 11.8. The van der Waals surface area contributed by atoms with Gasteiger partial charge < -0.3 is 5.32 Å². The maximum atomic E-state index is 4.15. The summed E-state index contributed by atoms with van der Waals surface area (Å²) in [6, 6.07) is 0. The Balaban J connectivity index is 1.37. The zero-order valence-corrected chi connectivity index (χ0v) is 11.8. The molecule has 4 nitrogen and oxygen atoms in total. The Labute approximate surface area is 115 Å². The van der Waals surface area contributed by atoms with Gasteiger partial charge in [0.15, 0.2) is 0 Å². The highest BCUT2D eigenvalue weighted by Gasteiger charge is 2.50. The van der Waals surface area contributed by atoms with E-state index in [1.165, 1.54) is 45.1 Å². The fourth-order valence-corrected chi connectivity index (χ4v) is 5.44. The monoisotopic (exact) mass is 260 g/mol. The molecule has 0 radical (unpaired) electrons. The van der Waals surface area contributed by atoms with Gasteiger partial charge in [-0.05, 0) is 61.7 Å². The van der Waals surface area contributed by atoms with Crippen LogP contribution in [0.1, 0.15) is 44.2 Å². The van der Waals surface area contributed by atoms with Crippen molar-refractivity contribution < 1.29 is 0 Å². The fraction of sp³-hybridized carbons (Fsp3) is 0.867. The van der Waals surface area contributed by atoms with Crippen molar-refractivity contribution >= 4 is 0 Å². The van der Waals surface area contributed by atoms with Crippen molar-refractivity contribution in [2.75, 3.05) is 6.54 Å². The van der Waals surface area contributed by atoms with Gasteiger partial charge in [0.2, 0.25) is 0 Å². The first-order valence-electron chi connectivity index (χ1n) is 7.77. The zero-order chi connectivity index (χ0) is 12.9. The van der Waals surface area contributed by atoms with E-state index in [2.05, 4.69) is 15.6 Å². The van der Waals surface area contributed by atoms with Crippen LogP contribution in [0.4, 0.5) is 0 Å². The first-order chi connectivity index (χ1) is 9.21. The lowest BCUT2D eigenvalue weighted by molar-refractivity contribution is -0.0514. The van der Waals surface area contributed by atoms with Crippen LogP contribution >= 0.6 is 0 Å². The van der Waals surface area contributed by atoms with Gasteiger partial charge in [0.05, 0.1) is 5.69 Å². The molecule has 0 unspecified atom stereocenters. The van der Waals surface area contributed by atoms with Gasteiger partial charge in [-0.3, -0.25) is 4.68 Å². The maximum absolute atomic E-state index is 4.15. The van der Waals surface area contributed by atoms with E-state index in [0.717, 1.165) is 30.0 Å². The average Bonchev–Trinajstić information content (AvgIpc) is 2.73. The van der Waals surface area contributed by atoms with Crippen LogP contribution in [0.3, 0.4) is 0 Å². The summed E-state index contributed by atoms with van der Waals surface area (Å²) in [5.41, 5.74) is 1.68. The standard InChI is InChI=1S/C15H24N4/c1-19-9-14(17-18-19)8-16-10-15-5-11-2-12(6-15)4-13(3-11)7-15/h9,11-13,16H,2-8,10H2,1H3. The minimum atomic E-state index is 0.622. The smallest absolute Gasteiger partial charge is 0.0964 e. The summed E-state index contributed by atoms with van der Waals surface area (Å²) in [4.78, 5) is 0. The Kier molecular flexibility index (Phi) is 2.69. The van der Waals surface area contributed by atoms with E-state index in [0.29, 0.717) is 5.41 Å². The van der Waals surface area contributed by atoms with Crippen LogP contribution in [-0.4, -0.2) is 21.5 Å². The lowest BCUT2D eigenvalue weighted by Crippen LogP contribution is -2.50. The highest BCUT2D eigenvalue weighted by Crippen LogP contribution is 2.59. The molecule has 1 heterocycles. The van der Waals surface area contributed by atoms with Gasteiger partial charge in [0.1, 0.15) is 0 Å². The second kappa shape index (κ2) is 4.30. The van der Waals surface area contributed by atoms with E-state index in [4.69, 9.17) is 0 Å². The maximum Gasteiger partial charge on any atom is 0.0964 e. The Morgan fingerprint density at radius 3 is 2.37 bits per heavy atom. The molecule has 104 valence electrons. The summed E-state index contributed by atoms with van der Waals surface area (Å²) in [7, 11) is 1.93. The molecule has 1 N–H and O–H groups in total. The molecule has 4 fully saturated rings. The number of hydrogen-bond acceptors (Lipinski definition) is 3. The third-order valence-corrected chi connectivity index (χ3v) is 5.62. The molecule has 4 aliphatic rings. The second-order valence-electron chi connectivity index (χ2n) is 7.40. The molecular weight excluding hydrogens is 236 g/mol. The van der Waals surface area contributed by atoms with Crippen LogP contribution in [0.2, 0.25) is 0 Å². The third kappa shape index (κ3) is 2.20. The van der Waals surface area contributed by atoms with Crippen LogP contribution in [0.25, 0.3) is 0 Å². The summed E-state index contributed by atoms with van der Waals surface area (Å²) in [6.07, 6.45) is 11.0. The average molecular weight is 260 g/mol. The molecule has 0 saturated heterocycles. The van der Waals surface area contributed by atoms with Gasteiger partial charge in [0, 0.05) is 26.3 Å². The Morgan fingerprint density at radius 1 is 1.21 bits per heavy atom. The van der Waals surface area contributed by atoms with E-state index in [1.807, 2.05) is 13.2 Å². The lowest BCUT2D eigenvalue weighted by atomic mass is 9.49. The molecule has 4 bridgehead atoms. The highest BCUT2D eigenvalue weighted by molar-refractivity contribution is 5.02. The van der Waals surface area contributed by atoms with Crippen LogP contribution in [0, 0.1) is 23.2 Å². The second-order valence-corrected chi connectivity index (χ2v) is 7.40. The molecule has 0 amide bonds. The normalized spacial score (nSPS) is 39.9. The summed E-state index contributed by atoms with van der Waals surface area (Å²) in [5.74, 6) is 3.14. The van der Waals surface area contributed by atoms with Crippen LogP contribution in [-0.2, 0) is 13.6 Å². The summed E-state index contributed by atoms with van der Waals surface area (Å²) in [5, 5.41) is 11.8. The molecule has 19 heavy (non-hydrogen) atoms. The topological polar surface area (TPSA) is 42.7 Å². The molecule has 4 heteroatoms. The molecular formula is C15H24N4. The predicted octanol–water partition coefficient (Wildman–Crippen LogP) is 2.12. The van der Waals surface area contributed by atoms with Gasteiger partial charge in [0.25, 0.3) is 0 Å². The molecule has 4 aliphatic carbocycles. The van der Waals surface area contributed by atoms with Crippen molar-refractivity contribution in [3.8, 4) is 0 Å².